The molecule has 0 saturated heterocycles. The average molecular weight is 258 g/mol. The number of hydrogen-bond donors (Lipinski definition) is 2. The zero-order chi connectivity index (χ0) is 13.7. The fourth-order valence-corrected chi connectivity index (χ4v) is 1.74. The van der Waals surface area contributed by atoms with E-state index in [1.165, 1.54) is 0 Å². The number of aliphatic hydroxyl groups excluding tert-OH is 1. The average Bonchev–Trinajstić information content (AvgIpc) is 2.48. The summed E-state index contributed by atoms with van der Waals surface area (Å²) in [6, 6.07) is 11.0. The van der Waals surface area contributed by atoms with E-state index in [0.717, 1.165) is 17.7 Å². The molecule has 0 saturated carbocycles. The molecule has 0 bridgehead atoms. The lowest BCUT2D eigenvalue weighted by atomic mass is 10.1. The number of nitrogens with two attached hydrogens (primary N) is 1. The molecule has 1 unspecified atom stereocenters. The van der Waals surface area contributed by atoms with Gasteiger partial charge in [-0.05, 0) is 24.6 Å². The minimum absolute atomic E-state index is 0.0428. The highest BCUT2D eigenvalue weighted by molar-refractivity contribution is 5.36. The van der Waals surface area contributed by atoms with Crippen molar-refractivity contribution in [2.24, 2.45) is 5.73 Å². The fraction of sp³-hybridized carbons (Fsp3) is 0.267. The summed E-state index contributed by atoms with van der Waals surface area (Å²) in [6.45, 7) is 1.97. The summed E-state index contributed by atoms with van der Waals surface area (Å²) in [5.74, 6) is 1.27. The Bertz CT molecular complexity index is 526. The molecule has 0 spiro atoms. The lowest BCUT2D eigenvalue weighted by Gasteiger charge is -2.11. The zero-order valence-electron chi connectivity index (χ0n) is 10.9. The van der Waals surface area contributed by atoms with E-state index in [-0.39, 0.29) is 12.6 Å². The Morgan fingerprint density at radius 1 is 1.26 bits per heavy atom. The summed E-state index contributed by atoms with van der Waals surface area (Å²) >= 11 is 0. The van der Waals surface area contributed by atoms with Crippen molar-refractivity contribution in [2.45, 2.75) is 26.0 Å². The minimum Gasteiger partial charge on any atom is -0.455 e. The van der Waals surface area contributed by atoms with Crippen LogP contribution in [0.4, 0.5) is 0 Å². The molecule has 19 heavy (non-hydrogen) atoms. The van der Waals surface area contributed by atoms with Crippen LogP contribution in [0.1, 0.15) is 30.6 Å². The van der Waals surface area contributed by atoms with E-state index in [0.29, 0.717) is 11.5 Å². The monoisotopic (exact) mass is 258 g/mol. The normalized spacial score (nSPS) is 12.2. The van der Waals surface area contributed by atoms with Crippen LogP contribution in [-0.2, 0) is 6.61 Å². The first-order valence-corrected chi connectivity index (χ1v) is 6.32. The number of benzene rings is 1. The topological polar surface area (TPSA) is 68.4 Å². The molecule has 3 N–H and O–H groups in total. The SMILES string of the molecule is CCC(N)c1ccc(Oc2ccccc2CO)cn1. The van der Waals surface area contributed by atoms with Crippen molar-refractivity contribution in [3.63, 3.8) is 0 Å². The van der Waals surface area contributed by atoms with Crippen molar-refractivity contribution >= 4 is 0 Å². The van der Waals surface area contributed by atoms with Crippen molar-refractivity contribution in [3.8, 4) is 11.5 Å². The molecule has 2 rings (SSSR count). The maximum absolute atomic E-state index is 9.23. The number of nitrogens with zero attached hydrogens (tertiary/aromatic N) is 1. The number of ether oxygens (including phenoxy) is 1. The number of rotatable bonds is 5. The third-order valence-electron chi connectivity index (χ3n) is 2.95. The van der Waals surface area contributed by atoms with Crippen molar-refractivity contribution in [1.82, 2.24) is 4.98 Å². The second-order valence-corrected chi connectivity index (χ2v) is 4.30. The lowest BCUT2D eigenvalue weighted by Crippen LogP contribution is -2.10. The second kappa shape index (κ2) is 6.31. The Balaban J connectivity index is 2.15. The van der Waals surface area contributed by atoms with Crippen LogP contribution in [0.25, 0.3) is 0 Å². The van der Waals surface area contributed by atoms with Crippen LogP contribution in [-0.4, -0.2) is 10.1 Å². The van der Waals surface area contributed by atoms with Gasteiger partial charge >= 0.3 is 0 Å². The highest BCUT2D eigenvalue weighted by Gasteiger charge is 2.06. The highest BCUT2D eigenvalue weighted by Crippen LogP contribution is 2.25. The van der Waals surface area contributed by atoms with Gasteiger partial charge in [-0.25, -0.2) is 0 Å². The van der Waals surface area contributed by atoms with Gasteiger partial charge in [-0.15, -0.1) is 0 Å². The third-order valence-corrected chi connectivity index (χ3v) is 2.95. The molecule has 0 aliphatic carbocycles. The van der Waals surface area contributed by atoms with Gasteiger partial charge in [-0.1, -0.05) is 25.1 Å². The van der Waals surface area contributed by atoms with Crippen LogP contribution in [0.5, 0.6) is 11.5 Å². The predicted octanol–water partition coefficient (Wildman–Crippen LogP) is 2.78. The molecule has 4 heteroatoms. The Morgan fingerprint density at radius 3 is 2.68 bits per heavy atom. The van der Waals surface area contributed by atoms with Crippen molar-refractivity contribution in [2.75, 3.05) is 0 Å². The van der Waals surface area contributed by atoms with Crippen molar-refractivity contribution < 1.29 is 9.84 Å². The smallest absolute Gasteiger partial charge is 0.145 e. The van der Waals surface area contributed by atoms with E-state index < -0.39 is 0 Å². The van der Waals surface area contributed by atoms with Crippen LogP contribution < -0.4 is 10.5 Å². The molecule has 0 amide bonds. The van der Waals surface area contributed by atoms with E-state index >= 15 is 0 Å². The summed E-state index contributed by atoms with van der Waals surface area (Å²) in [6.07, 6.45) is 2.50. The van der Waals surface area contributed by atoms with Crippen LogP contribution in [0, 0.1) is 0 Å². The molecular weight excluding hydrogens is 240 g/mol. The molecule has 0 fully saturated rings. The van der Waals surface area contributed by atoms with Gasteiger partial charge in [-0.2, -0.15) is 0 Å². The summed E-state index contributed by atoms with van der Waals surface area (Å²) in [7, 11) is 0. The van der Waals surface area contributed by atoms with Gasteiger partial charge in [0.05, 0.1) is 18.5 Å². The van der Waals surface area contributed by atoms with Crippen molar-refractivity contribution in [3.05, 3.63) is 53.9 Å². The van der Waals surface area contributed by atoms with Crippen molar-refractivity contribution in [1.29, 1.82) is 0 Å². The molecule has 0 radical (unpaired) electrons. The first-order chi connectivity index (χ1) is 9.24. The fourth-order valence-electron chi connectivity index (χ4n) is 1.74. The molecule has 1 aromatic carbocycles. The zero-order valence-corrected chi connectivity index (χ0v) is 10.9. The standard InChI is InChI=1S/C15H18N2O2/c1-2-13(16)14-8-7-12(9-17-14)19-15-6-4-3-5-11(15)10-18/h3-9,13,18H,2,10,16H2,1H3. The molecule has 2 aromatic rings. The number of aromatic nitrogens is 1. The van der Waals surface area contributed by atoms with E-state index in [1.54, 1.807) is 6.20 Å². The molecular formula is C15H18N2O2. The Labute approximate surface area is 112 Å². The van der Waals surface area contributed by atoms with Gasteiger partial charge in [0.25, 0.3) is 0 Å². The predicted molar refractivity (Wildman–Crippen MR) is 73.9 cm³/mol. The van der Waals surface area contributed by atoms with Crippen LogP contribution >= 0.6 is 0 Å². The summed E-state index contributed by atoms with van der Waals surface area (Å²) in [5, 5.41) is 9.23. The van der Waals surface area contributed by atoms with Crippen LogP contribution in [0.3, 0.4) is 0 Å². The summed E-state index contributed by atoms with van der Waals surface area (Å²) in [4.78, 5) is 4.29. The number of pyridine rings is 1. The van der Waals surface area contributed by atoms with Gasteiger partial charge in [0.1, 0.15) is 11.5 Å². The summed E-state index contributed by atoms with van der Waals surface area (Å²) < 4.78 is 5.71. The van der Waals surface area contributed by atoms with E-state index in [4.69, 9.17) is 10.5 Å². The third kappa shape index (κ3) is 3.30. The largest absolute Gasteiger partial charge is 0.455 e. The Hall–Kier alpha value is -1.91. The number of para-hydroxylation sites is 1. The quantitative estimate of drug-likeness (QED) is 0.865. The molecule has 0 aliphatic rings. The van der Waals surface area contributed by atoms with Gasteiger partial charge in [0.2, 0.25) is 0 Å². The van der Waals surface area contributed by atoms with Gasteiger partial charge in [-0.3, -0.25) is 4.98 Å². The maximum atomic E-state index is 9.23. The molecule has 1 heterocycles. The molecule has 1 atom stereocenters. The lowest BCUT2D eigenvalue weighted by molar-refractivity contribution is 0.276. The Morgan fingerprint density at radius 2 is 2.05 bits per heavy atom. The van der Waals surface area contributed by atoms with Gasteiger partial charge in [0.15, 0.2) is 0 Å². The maximum Gasteiger partial charge on any atom is 0.145 e. The minimum atomic E-state index is -0.0532. The van der Waals surface area contributed by atoms with E-state index in [9.17, 15) is 5.11 Å². The second-order valence-electron chi connectivity index (χ2n) is 4.30. The summed E-state index contributed by atoms with van der Waals surface area (Å²) in [5.41, 5.74) is 7.51. The molecule has 100 valence electrons. The Kier molecular flexibility index (Phi) is 4.49. The molecule has 4 nitrogen and oxygen atoms in total. The number of aliphatic hydroxyl groups is 1. The van der Waals surface area contributed by atoms with Crippen LogP contribution in [0.2, 0.25) is 0 Å². The first kappa shape index (κ1) is 13.5. The van der Waals surface area contributed by atoms with Gasteiger partial charge < -0.3 is 15.6 Å². The molecule has 0 aliphatic heterocycles. The van der Waals surface area contributed by atoms with Gasteiger partial charge in [0, 0.05) is 11.6 Å². The first-order valence-electron chi connectivity index (χ1n) is 6.32. The van der Waals surface area contributed by atoms with Crippen LogP contribution in [0.15, 0.2) is 42.6 Å². The van der Waals surface area contributed by atoms with E-state index in [2.05, 4.69) is 4.98 Å². The highest BCUT2D eigenvalue weighted by atomic mass is 16.5. The van der Waals surface area contributed by atoms with E-state index in [1.807, 2.05) is 43.3 Å². The number of hydrogen-bond acceptors (Lipinski definition) is 4. The molecule has 1 aromatic heterocycles.